The number of nitrogens with zero attached hydrogens (tertiary/aromatic N) is 4. The Hall–Kier alpha value is -3.97. The van der Waals surface area contributed by atoms with E-state index in [1.165, 1.54) is 30.3 Å². The number of hydrogen-bond donors (Lipinski definition) is 3. The quantitative estimate of drug-likeness (QED) is 0.274. The molecule has 11 nitrogen and oxygen atoms in total. The van der Waals surface area contributed by atoms with Crippen molar-refractivity contribution in [2.45, 2.75) is 38.5 Å². The number of nitrogens with one attached hydrogen (secondary N) is 3. The number of nitroso groups, excluding NO2 is 1. The highest BCUT2D eigenvalue weighted by Crippen LogP contribution is 2.32. The second-order valence-corrected chi connectivity index (χ2v) is 11.6. The standard InChI is InChI=1S/C26H29N7O4S2/c1-16-10-12-33(13-11-16)23-9-4-19(15-22(23)31-35)24(34)30-26(38)29-20-5-7-21(8-6-20)39(36,37)32-25-27-17(2)14-18(3)28-25/h4-9,14-16H,10-13H2,1-3H3,(H,27,28,32)(H2,29,30,34,38). The topological polar surface area (TPSA) is 146 Å². The summed E-state index contributed by atoms with van der Waals surface area (Å²) in [4.78, 5) is 34.6. The molecule has 0 radical (unpaired) electrons. The number of carbonyl (C=O) groups excluding carboxylic acids is 1. The molecule has 4 rings (SSSR count). The highest BCUT2D eigenvalue weighted by Gasteiger charge is 2.21. The van der Waals surface area contributed by atoms with E-state index in [4.69, 9.17) is 12.2 Å². The molecule has 0 atom stereocenters. The van der Waals surface area contributed by atoms with Crippen molar-refractivity contribution in [3.8, 4) is 0 Å². The van der Waals surface area contributed by atoms with E-state index in [9.17, 15) is 18.1 Å². The number of hydrogen-bond acceptors (Lipinski definition) is 9. The summed E-state index contributed by atoms with van der Waals surface area (Å²) in [6.07, 6.45) is 2.06. The van der Waals surface area contributed by atoms with E-state index in [0.29, 0.717) is 28.7 Å². The molecule has 204 valence electrons. The Labute approximate surface area is 232 Å². The van der Waals surface area contributed by atoms with Gasteiger partial charge in [-0.15, -0.1) is 4.91 Å². The summed E-state index contributed by atoms with van der Waals surface area (Å²) in [5.74, 6) is 0.125. The summed E-state index contributed by atoms with van der Waals surface area (Å²) < 4.78 is 27.8. The molecule has 0 unspecified atom stereocenters. The van der Waals surface area contributed by atoms with Crippen LogP contribution in [0.2, 0.25) is 0 Å². The zero-order valence-electron chi connectivity index (χ0n) is 21.8. The number of amides is 1. The molecule has 1 fully saturated rings. The molecule has 2 heterocycles. The first-order valence-electron chi connectivity index (χ1n) is 12.3. The summed E-state index contributed by atoms with van der Waals surface area (Å²) in [6, 6.07) is 12.4. The lowest BCUT2D eigenvalue weighted by atomic mass is 9.98. The molecule has 0 spiro atoms. The van der Waals surface area contributed by atoms with Crippen molar-refractivity contribution in [1.82, 2.24) is 15.3 Å². The van der Waals surface area contributed by atoms with E-state index in [2.05, 4.69) is 42.3 Å². The number of benzene rings is 2. The third-order valence-electron chi connectivity index (χ3n) is 6.32. The van der Waals surface area contributed by atoms with Gasteiger partial charge in [0, 0.05) is 35.7 Å². The predicted octanol–water partition coefficient (Wildman–Crippen LogP) is 4.66. The summed E-state index contributed by atoms with van der Waals surface area (Å²) in [6.45, 7) is 7.36. The fourth-order valence-electron chi connectivity index (χ4n) is 4.26. The molecule has 1 aliphatic rings. The minimum atomic E-state index is -3.91. The number of carbonyl (C=O) groups is 1. The van der Waals surface area contributed by atoms with Gasteiger partial charge < -0.3 is 10.2 Å². The first-order valence-corrected chi connectivity index (χ1v) is 14.2. The Balaban J connectivity index is 1.37. The highest BCUT2D eigenvalue weighted by molar-refractivity contribution is 7.92. The molecule has 1 amide bonds. The molecule has 3 aromatic rings. The fraction of sp³-hybridized carbons (Fsp3) is 0.308. The van der Waals surface area contributed by atoms with Crippen LogP contribution in [0.15, 0.2) is 58.6 Å². The number of aryl methyl sites for hydroxylation is 2. The van der Waals surface area contributed by atoms with Crippen molar-refractivity contribution in [3.63, 3.8) is 0 Å². The van der Waals surface area contributed by atoms with Crippen LogP contribution in [0.25, 0.3) is 0 Å². The summed E-state index contributed by atoms with van der Waals surface area (Å²) in [5.41, 5.74) is 2.90. The number of rotatable bonds is 7. The lowest BCUT2D eigenvalue weighted by molar-refractivity contribution is 0.0977. The average Bonchev–Trinajstić information content (AvgIpc) is 2.88. The maximum absolute atomic E-state index is 12.8. The number of aromatic nitrogens is 2. The van der Waals surface area contributed by atoms with Gasteiger partial charge in [-0.3, -0.25) is 10.1 Å². The molecular formula is C26H29N7O4S2. The summed E-state index contributed by atoms with van der Waals surface area (Å²) in [7, 11) is -3.91. The van der Waals surface area contributed by atoms with Crippen molar-refractivity contribution in [1.29, 1.82) is 0 Å². The van der Waals surface area contributed by atoms with Gasteiger partial charge >= 0.3 is 0 Å². The molecule has 0 bridgehead atoms. The Morgan fingerprint density at radius 3 is 2.28 bits per heavy atom. The van der Waals surface area contributed by atoms with Crippen molar-refractivity contribution in [3.05, 3.63) is 70.4 Å². The zero-order chi connectivity index (χ0) is 28.2. The molecule has 39 heavy (non-hydrogen) atoms. The van der Waals surface area contributed by atoms with Gasteiger partial charge in [-0.05, 0) is 98.5 Å². The minimum Gasteiger partial charge on any atom is -0.370 e. The number of sulfonamides is 1. The van der Waals surface area contributed by atoms with Gasteiger partial charge in [0.05, 0.1) is 10.6 Å². The molecule has 2 aromatic carbocycles. The van der Waals surface area contributed by atoms with E-state index in [1.807, 2.05) is 0 Å². The smallest absolute Gasteiger partial charge is 0.264 e. The van der Waals surface area contributed by atoms with Gasteiger partial charge in [-0.25, -0.2) is 23.1 Å². The van der Waals surface area contributed by atoms with Gasteiger partial charge in [0.15, 0.2) is 5.11 Å². The predicted molar refractivity (Wildman–Crippen MR) is 155 cm³/mol. The van der Waals surface area contributed by atoms with Crippen LogP contribution in [-0.4, -0.2) is 42.5 Å². The SMILES string of the molecule is Cc1cc(C)nc(NS(=O)(=O)c2ccc(NC(=S)NC(=O)c3ccc(N4CCC(C)CC4)c(N=O)c3)cc2)n1. The van der Waals surface area contributed by atoms with Crippen molar-refractivity contribution in [2.24, 2.45) is 11.1 Å². The van der Waals surface area contributed by atoms with Crippen molar-refractivity contribution < 1.29 is 13.2 Å². The molecule has 13 heteroatoms. The van der Waals surface area contributed by atoms with Crippen LogP contribution < -0.4 is 20.3 Å². The highest BCUT2D eigenvalue weighted by atomic mass is 32.2. The Bertz CT molecular complexity index is 1480. The maximum atomic E-state index is 12.8. The van der Waals surface area contributed by atoms with Crippen molar-refractivity contribution in [2.75, 3.05) is 28.0 Å². The van der Waals surface area contributed by atoms with Crippen LogP contribution in [0.1, 0.15) is 41.5 Å². The average molecular weight is 568 g/mol. The normalized spacial score (nSPS) is 14.0. The van der Waals surface area contributed by atoms with Gasteiger partial charge in [0.2, 0.25) is 5.95 Å². The molecule has 3 N–H and O–H groups in total. The van der Waals surface area contributed by atoms with E-state index < -0.39 is 15.9 Å². The second-order valence-electron chi connectivity index (χ2n) is 9.48. The minimum absolute atomic E-state index is 0.00269. The lowest BCUT2D eigenvalue weighted by Gasteiger charge is -2.32. The van der Waals surface area contributed by atoms with E-state index in [0.717, 1.165) is 25.9 Å². The van der Waals surface area contributed by atoms with Crippen LogP contribution in [0.5, 0.6) is 0 Å². The zero-order valence-corrected chi connectivity index (χ0v) is 23.4. The van der Waals surface area contributed by atoms with Gasteiger partial charge in [-0.2, -0.15) is 0 Å². The lowest BCUT2D eigenvalue weighted by Crippen LogP contribution is -2.34. The van der Waals surface area contributed by atoms with E-state index in [-0.39, 0.29) is 27.2 Å². The largest absolute Gasteiger partial charge is 0.370 e. The van der Waals surface area contributed by atoms with Gasteiger partial charge in [0.1, 0.15) is 5.69 Å². The fourth-order valence-corrected chi connectivity index (χ4v) is 5.41. The summed E-state index contributed by atoms with van der Waals surface area (Å²) >= 11 is 5.25. The number of piperidine rings is 1. The van der Waals surface area contributed by atoms with Crippen LogP contribution in [-0.2, 0) is 10.0 Å². The Kier molecular flexibility index (Phi) is 8.51. The molecule has 1 aliphatic heterocycles. The van der Waals surface area contributed by atoms with Crippen LogP contribution in [0.3, 0.4) is 0 Å². The molecule has 0 aliphatic carbocycles. The monoisotopic (exact) mass is 567 g/mol. The third-order valence-corrected chi connectivity index (χ3v) is 7.87. The van der Waals surface area contributed by atoms with E-state index in [1.54, 1.807) is 32.0 Å². The second kappa shape index (κ2) is 11.8. The van der Waals surface area contributed by atoms with Crippen LogP contribution in [0, 0.1) is 24.7 Å². The molecule has 0 saturated carbocycles. The maximum Gasteiger partial charge on any atom is 0.264 e. The molecule has 1 saturated heterocycles. The van der Waals surface area contributed by atoms with Gasteiger partial charge in [0.25, 0.3) is 15.9 Å². The van der Waals surface area contributed by atoms with E-state index >= 15 is 0 Å². The van der Waals surface area contributed by atoms with Crippen molar-refractivity contribution >= 4 is 56.3 Å². The number of thiocarbonyl (C=S) groups is 1. The third kappa shape index (κ3) is 7.12. The first kappa shape index (κ1) is 28.0. The number of anilines is 3. The molecular weight excluding hydrogens is 538 g/mol. The first-order chi connectivity index (χ1) is 18.5. The van der Waals surface area contributed by atoms with Crippen LogP contribution in [0.4, 0.5) is 23.0 Å². The summed E-state index contributed by atoms with van der Waals surface area (Å²) in [5, 5.41) is 8.56. The molecule has 1 aromatic heterocycles. The Morgan fingerprint density at radius 2 is 1.67 bits per heavy atom. The Morgan fingerprint density at radius 1 is 1.03 bits per heavy atom. The van der Waals surface area contributed by atoms with Crippen LogP contribution >= 0.6 is 12.2 Å². The van der Waals surface area contributed by atoms with Gasteiger partial charge in [-0.1, -0.05) is 6.92 Å².